The van der Waals surface area contributed by atoms with E-state index in [1.54, 1.807) is 29.2 Å². The van der Waals surface area contributed by atoms with Crippen molar-refractivity contribution in [2.24, 2.45) is 0 Å². The Kier molecular flexibility index (Phi) is 3.05. The summed E-state index contributed by atoms with van der Waals surface area (Å²) >= 11 is 12.2. The van der Waals surface area contributed by atoms with E-state index < -0.39 is 0 Å². The number of amides is 1. The third kappa shape index (κ3) is 2.06. The van der Waals surface area contributed by atoms with Crippen LogP contribution in [0.15, 0.2) is 60.7 Å². The number of hydrogen-bond donors (Lipinski definition) is 0. The van der Waals surface area contributed by atoms with Gasteiger partial charge in [0.25, 0.3) is 5.91 Å². The van der Waals surface area contributed by atoms with Crippen LogP contribution in [0.3, 0.4) is 0 Å². The van der Waals surface area contributed by atoms with Gasteiger partial charge in [0.1, 0.15) is 0 Å². The van der Waals surface area contributed by atoms with Gasteiger partial charge in [0.05, 0.1) is 22.3 Å². The van der Waals surface area contributed by atoms with Gasteiger partial charge in [-0.05, 0) is 54.6 Å². The van der Waals surface area contributed by atoms with Crippen LogP contribution in [-0.2, 0) is 0 Å². The maximum atomic E-state index is 13.3. The van der Waals surface area contributed by atoms with Gasteiger partial charge in [-0.15, -0.1) is 0 Å². The summed E-state index contributed by atoms with van der Waals surface area (Å²) in [6.07, 6.45) is 0. The first kappa shape index (κ1) is 14.7. The second-order valence-corrected chi connectivity index (χ2v) is 6.81. The average molecular weight is 365 g/mol. The van der Waals surface area contributed by atoms with Gasteiger partial charge in [0.2, 0.25) is 0 Å². The lowest BCUT2D eigenvalue weighted by atomic mass is 10.0. The highest BCUT2D eigenvalue weighted by Gasteiger charge is 2.33. The highest BCUT2D eigenvalue weighted by Crippen LogP contribution is 2.44. The molecule has 0 radical (unpaired) electrons. The van der Waals surface area contributed by atoms with Crippen molar-refractivity contribution in [2.45, 2.75) is 0 Å². The first-order valence-electron chi connectivity index (χ1n) is 7.75. The smallest absolute Gasteiger partial charge is 0.264 e. The number of anilines is 2. The first-order valence-corrected chi connectivity index (χ1v) is 8.51. The predicted octanol–water partition coefficient (Wildman–Crippen LogP) is 5.99. The fraction of sp³-hybridized carbons (Fsp3) is 0. The van der Waals surface area contributed by atoms with E-state index in [0.717, 1.165) is 33.2 Å². The number of aromatic nitrogens is 1. The third-order valence-corrected chi connectivity index (χ3v) is 4.97. The zero-order valence-electron chi connectivity index (χ0n) is 12.8. The molecular weight excluding hydrogens is 355 g/mol. The Morgan fingerprint density at radius 2 is 1.60 bits per heavy atom. The molecule has 0 spiro atoms. The topological polar surface area (TPSA) is 33.2 Å². The number of nitrogens with zero attached hydrogens (tertiary/aromatic N) is 2. The lowest BCUT2D eigenvalue weighted by Crippen LogP contribution is -2.20. The fourth-order valence-electron chi connectivity index (χ4n) is 3.42. The Morgan fingerprint density at radius 3 is 2.40 bits per heavy atom. The van der Waals surface area contributed by atoms with Crippen molar-refractivity contribution in [2.75, 3.05) is 4.90 Å². The summed E-state index contributed by atoms with van der Waals surface area (Å²) in [6.45, 7) is 0. The minimum absolute atomic E-state index is 0.0804. The zero-order valence-corrected chi connectivity index (χ0v) is 14.3. The van der Waals surface area contributed by atoms with Crippen molar-refractivity contribution in [3.63, 3.8) is 0 Å². The van der Waals surface area contributed by atoms with Gasteiger partial charge in [-0.1, -0.05) is 29.3 Å². The van der Waals surface area contributed by atoms with Gasteiger partial charge in [-0.2, -0.15) is 0 Å². The van der Waals surface area contributed by atoms with Crippen LogP contribution in [0.1, 0.15) is 10.4 Å². The van der Waals surface area contributed by atoms with E-state index in [4.69, 9.17) is 28.2 Å². The molecule has 2 heterocycles. The number of carbonyl (C=O) groups is 1. The van der Waals surface area contributed by atoms with Gasteiger partial charge in [0, 0.05) is 26.5 Å². The molecule has 0 bridgehead atoms. The molecule has 1 amide bonds. The first-order chi connectivity index (χ1) is 12.1. The number of benzene rings is 3. The monoisotopic (exact) mass is 364 g/mol. The van der Waals surface area contributed by atoms with E-state index >= 15 is 0 Å². The summed E-state index contributed by atoms with van der Waals surface area (Å²) in [5, 5.41) is 2.84. The van der Waals surface area contributed by atoms with Crippen LogP contribution < -0.4 is 4.90 Å². The average Bonchev–Trinajstić information content (AvgIpc) is 2.91. The zero-order chi connectivity index (χ0) is 17.1. The van der Waals surface area contributed by atoms with Crippen LogP contribution in [0.5, 0.6) is 0 Å². The van der Waals surface area contributed by atoms with Crippen LogP contribution in [0.4, 0.5) is 11.4 Å². The second-order valence-electron chi connectivity index (χ2n) is 5.94. The van der Waals surface area contributed by atoms with E-state index in [-0.39, 0.29) is 5.91 Å². The summed E-state index contributed by atoms with van der Waals surface area (Å²) < 4.78 is 0. The third-order valence-electron chi connectivity index (χ3n) is 4.48. The molecule has 3 aromatic carbocycles. The number of carbonyl (C=O) groups excluding carboxylic acids is 1. The molecule has 0 N–H and O–H groups in total. The molecule has 1 aliphatic heterocycles. The maximum absolute atomic E-state index is 13.3. The van der Waals surface area contributed by atoms with Crippen LogP contribution >= 0.6 is 23.2 Å². The molecule has 25 heavy (non-hydrogen) atoms. The summed E-state index contributed by atoms with van der Waals surface area (Å²) in [4.78, 5) is 19.7. The van der Waals surface area contributed by atoms with Crippen molar-refractivity contribution in [1.29, 1.82) is 0 Å². The standard InChI is InChI=1S/C20H10Cl2N2O/c21-11-4-7-13(8-5-11)24-17-3-1-2-16-19(17)18(20(24)25)14-10-12(22)6-9-15(14)23-16/h1-10H. The molecule has 0 aliphatic carbocycles. The molecule has 5 heteroatoms. The minimum atomic E-state index is -0.0804. The lowest BCUT2D eigenvalue weighted by Gasteiger charge is -2.17. The molecule has 0 fully saturated rings. The molecule has 120 valence electrons. The quantitative estimate of drug-likeness (QED) is 0.389. The fourth-order valence-corrected chi connectivity index (χ4v) is 3.72. The predicted molar refractivity (Wildman–Crippen MR) is 102 cm³/mol. The molecule has 4 aromatic rings. The Hall–Kier alpha value is -2.62. The molecule has 0 saturated carbocycles. The van der Waals surface area contributed by atoms with Crippen LogP contribution in [0, 0.1) is 0 Å². The van der Waals surface area contributed by atoms with Gasteiger partial charge >= 0.3 is 0 Å². The lowest BCUT2D eigenvalue weighted by molar-refractivity contribution is 0.101. The molecule has 0 saturated heterocycles. The second kappa shape index (κ2) is 5.19. The summed E-state index contributed by atoms with van der Waals surface area (Å²) in [7, 11) is 0. The van der Waals surface area contributed by atoms with Crippen molar-refractivity contribution in [3.8, 4) is 0 Å². The molecule has 3 nitrogen and oxygen atoms in total. The SMILES string of the molecule is O=C1c2c3cc(Cl)ccc3nc3cccc(c23)N1c1ccc(Cl)cc1. The van der Waals surface area contributed by atoms with Crippen LogP contribution in [-0.4, -0.2) is 10.9 Å². The highest BCUT2D eigenvalue weighted by atomic mass is 35.5. The van der Waals surface area contributed by atoms with E-state index in [0.29, 0.717) is 15.6 Å². The van der Waals surface area contributed by atoms with Crippen LogP contribution in [0.25, 0.3) is 21.8 Å². The molecular formula is C20H10Cl2N2O. The maximum Gasteiger partial charge on any atom is 0.264 e. The Labute approximate surface area is 153 Å². The van der Waals surface area contributed by atoms with Gasteiger partial charge in [-0.3, -0.25) is 9.69 Å². The summed E-state index contributed by atoms with van der Waals surface area (Å²) in [6, 6.07) is 18.4. The Bertz CT molecular complexity index is 1190. The molecule has 0 unspecified atom stereocenters. The van der Waals surface area contributed by atoms with Gasteiger partial charge in [-0.25, -0.2) is 4.98 Å². The Balaban J connectivity index is 1.87. The van der Waals surface area contributed by atoms with E-state index in [2.05, 4.69) is 0 Å². The van der Waals surface area contributed by atoms with Crippen molar-refractivity contribution in [1.82, 2.24) is 4.98 Å². The Morgan fingerprint density at radius 1 is 0.840 bits per heavy atom. The summed E-state index contributed by atoms with van der Waals surface area (Å²) in [5.74, 6) is -0.0804. The number of hydrogen-bond acceptors (Lipinski definition) is 2. The molecule has 0 atom stereocenters. The molecule has 1 aromatic heterocycles. The van der Waals surface area contributed by atoms with Gasteiger partial charge in [0.15, 0.2) is 0 Å². The number of fused-ring (bicyclic) bond motifs is 2. The van der Waals surface area contributed by atoms with E-state index in [1.807, 2.05) is 36.4 Å². The van der Waals surface area contributed by atoms with Crippen molar-refractivity contribution >= 4 is 62.3 Å². The summed E-state index contributed by atoms with van der Waals surface area (Å²) in [5.41, 5.74) is 3.80. The van der Waals surface area contributed by atoms with E-state index in [1.165, 1.54) is 0 Å². The molecule has 5 rings (SSSR count). The highest BCUT2D eigenvalue weighted by molar-refractivity contribution is 6.35. The normalized spacial score (nSPS) is 13.2. The van der Waals surface area contributed by atoms with Crippen LogP contribution in [0.2, 0.25) is 10.0 Å². The number of halogens is 2. The minimum Gasteiger partial charge on any atom is -0.276 e. The molecule has 1 aliphatic rings. The largest absolute Gasteiger partial charge is 0.276 e. The van der Waals surface area contributed by atoms with Crippen molar-refractivity contribution in [3.05, 3.63) is 76.3 Å². The van der Waals surface area contributed by atoms with Crippen molar-refractivity contribution < 1.29 is 4.79 Å². The number of rotatable bonds is 1. The van der Waals surface area contributed by atoms with Gasteiger partial charge < -0.3 is 0 Å². The number of pyridine rings is 1. The van der Waals surface area contributed by atoms with E-state index in [9.17, 15) is 4.79 Å².